The van der Waals surface area contributed by atoms with Gasteiger partial charge in [0.2, 0.25) is 0 Å². The molecule has 0 fully saturated rings. The van der Waals surface area contributed by atoms with E-state index in [1.54, 1.807) is 0 Å². The van der Waals surface area contributed by atoms with E-state index in [0.29, 0.717) is 17.2 Å². The van der Waals surface area contributed by atoms with Crippen molar-refractivity contribution in [1.29, 1.82) is 0 Å². The van der Waals surface area contributed by atoms with Crippen LogP contribution in [0.4, 0.5) is 0 Å². The zero-order chi connectivity index (χ0) is 9.56. The Morgan fingerprint density at radius 3 is 2.25 bits per heavy atom. The SMILES string of the molecule is CC(C)CNBNC(S)C(C)C. The number of hydrogen-bond donors (Lipinski definition) is 3. The van der Waals surface area contributed by atoms with Gasteiger partial charge in [-0.1, -0.05) is 27.7 Å². The average Bonchev–Trinajstić information content (AvgIpc) is 1.97. The van der Waals surface area contributed by atoms with E-state index in [1.807, 2.05) is 0 Å². The van der Waals surface area contributed by atoms with Crippen molar-refractivity contribution in [3.05, 3.63) is 0 Å². The summed E-state index contributed by atoms with van der Waals surface area (Å²) in [6.07, 6.45) is 0. The van der Waals surface area contributed by atoms with Gasteiger partial charge in [-0.25, -0.2) is 0 Å². The molecule has 0 aromatic rings. The van der Waals surface area contributed by atoms with E-state index in [9.17, 15) is 0 Å². The van der Waals surface area contributed by atoms with Gasteiger partial charge in [0.25, 0.3) is 7.55 Å². The molecule has 4 heteroatoms. The van der Waals surface area contributed by atoms with Crippen molar-refractivity contribution in [2.24, 2.45) is 11.8 Å². The molecule has 0 heterocycles. The molecule has 0 aromatic heterocycles. The Kier molecular flexibility index (Phi) is 7.00. The lowest BCUT2D eigenvalue weighted by molar-refractivity contribution is 0.582. The highest BCUT2D eigenvalue weighted by Crippen LogP contribution is 2.03. The highest BCUT2D eigenvalue weighted by molar-refractivity contribution is 7.81. The Bertz CT molecular complexity index is 109. The summed E-state index contributed by atoms with van der Waals surface area (Å²) in [6, 6.07) is 0. The standard InChI is InChI=1S/C8H21BN2S/c1-6(2)5-10-9-11-8(12)7(3)4/h6-12H,5H2,1-4H3. The van der Waals surface area contributed by atoms with Crippen molar-refractivity contribution < 1.29 is 0 Å². The Labute approximate surface area is 82.6 Å². The third-order valence-corrected chi connectivity index (χ3v) is 2.40. The van der Waals surface area contributed by atoms with Gasteiger partial charge < -0.3 is 10.5 Å². The van der Waals surface area contributed by atoms with Crippen LogP contribution < -0.4 is 10.5 Å². The zero-order valence-electron chi connectivity index (χ0n) is 8.59. The third-order valence-electron chi connectivity index (χ3n) is 1.62. The lowest BCUT2D eigenvalue weighted by atomic mass is 10.1. The predicted octanol–water partition coefficient (Wildman–Crippen LogP) is 1.000. The molecule has 0 aromatic carbocycles. The Hall–Kier alpha value is 0.335. The highest BCUT2D eigenvalue weighted by Gasteiger charge is 2.06. The smallest absolute Gasteiger partial charge is 0.287 e. The van der Waals surface area contributed by atoms with Gasteiger partial charge in [0.15, 0.2) is 0 Å². The maximum absolute atomic E-state index is 4.40. The number of rotatable bonds is 6. The van der Waals surface area contributed by atoms with Crippen molar-refractivity contribution in [2.75, 3.05) is 6.54 Å². The second kappa shape index (κ2) is 6.81. The summed E-state index contributed by atoms with van der Waals surface area (Å²) in [5, 5.41) is 6.90. The van der Waals surface area contributed by atoms with Crippen LogP contribution in [-0.2, 0) is 0 Å². The molecule has 1 unspecified atom stereocenters. The van der Waals surface area contributed by atoms with E-state index in [4.69, 9.17) is 0 Å². The summed E-state index contributed by atoms with van der Waals surface area (Å²) in [5.41, 5.74) is 0. The first kappa shape index (κ1) is 12.3. The molecule has 1 atom stereocenters. The molecule has 0 saturated carbocycles. The van der Waals surface area contributed by atoms with E-state index >= 15 is 0 Å². The van der Waals surface area contributed by atoms with Crippen LogP contribution in [0.1, 0.15) is 27.7 Å². The van der Waals surface area contributed by atoms with Gasteiger partial charge in [-0.05, 0) is 18.4 Å². The molecule has 72 valence electrons. The summed E-state index contributed by atoms with van der Waals surface area (Å²) in [5.74, 6) is 1.29. The maximum atomic E-state index is 4.40. The molecular weight excluding hydrogens is 167 g/mol. The lowest BCUT2D eigenvalue weighted by Gasteiger charge is -2.16. The molecule has 0 bridgehead atoms. The van der Waals surface area contributed by atoms with Crippen LogP contribution in [0.25, 0.3) is 0 Å². The summed E-state index contributed by atoms with van der Waals surface area (Å²) in [7, 11) is 0.852. The highest BCUT2D eigenvalue weighted by atomic mass is 32.1. The fourth-order valence-electron chi connectivity index (χ4n) is 0.773. The molecule has 0 aliphatic rings. The zero-order valence-corrected chi connectivity index (χ0v) is 9.49. The average molecular weight is 188 g/mol. The largest absolute Gasteiger partial charge is 0.345 e. The van der Waals surface area contributed by atoms with Crippen molar-refractivity contribution in [3.8, 4) is 0 Å². The van der Waals surface area contributed by atoms with Gasteiger partial charge in [0, 0.05) is 5.37 Å². The van der Waals surface area contributed by atoms with Crippen LogP contribution in [0.3, 0.4) is 0 Å². The van der Waals surface area contributed by atoms with Crippen LogP contribution in [0.2, 0.25) is 0 Å². The van der Waals surface area contributed by atoms with Gasteiger partial charge in [-0.15, -0.1) is 0 Å². The maximum Gasteiger partial charge on any atom is 0.287 e. The molecule has 0 amide bonds. The van der Waals surface area contributed by atoms with Crippen LogP contribution in [0.15, 0.2) is 0 Å². The number of nitrogens with one attached hydrogen (secondary N) is 2. The summed E-state index contributed by atoms with van der Waals surface area (Å²) < 4.78 is 0. The van der Waals surface area contributed by atoms with E-state index in [0.717, 1.165) is 14.1 Å². The Morgan fingerprint density at radius 2 is 1.83 bits per heavy atom. The second-order valence-corrected chi connectivity index (χ2v) is 4.47. The van der Waals surface area contributed by atoms with Gasteiger partial charge >= 0.3 is 0 Å². The van der Waals surface area contributed by atoms with Gasteiger partial charge in [0.05, 0.1) is 0 Å². The van der Waals surface area contributed by atoms with E-state index in [2.05, 4.69) is 50.8 Å². The predicted molar refractivity (Wildman–Crippen MR) is 60.7 cm³/mol. The monoisotopic (exact) mass is 188 g/mol. The van der Waals surface area contributed by atoms with Crippen molar-refractivity contribution in [3.63, 3.8) is 0 Å². The fourth-order valence-corrected chi connectivity index (χ4v) is 0.865. The number of hydrogen-bond acceptors (Lipinski definition) is 3. The molecule has 0 aliphatic carbocycles. The molecule has 0 rings (SSSR count). The Morgan fingerprint density at radius 1 is 1.25 bits per heavy atom. The van der Waals surface area contributed by atoms with Crippen molar-refractivity contribution >= 4 is 20.2 Å². The minimum Gasteiger partial charge on any atom is -0.345 e. The summed E-state index contributed by atoms with van der Waals surface area (Å²) >= 11 is 4.40. The van der Waals surface area contributed by atoms with Crippen LogP contribution >= 0.6 is 12.6 Å². The second-order valence-electron chi connectivity index (χ2n) is 3.92. The minimum absolute atomic E-state index is 0.296. The number of thiol groups is 1. The van der Waals surface area contributed by atoms with E-state index < -0.39 is 0 Å². The van der Waals surface area contributed by atoms with Crippen LogP contribution in [0, 0.1) is 11.8 Å². The molecule has 0 spiro atoms. The van der Waals surface area contributed by atoms with Crippen molar-refractivity contribution in [2.45, 2.75) is 33.1 Å². The normalized spacial score (nSPS) is 13.9. The third kappa shape index (κ3) is 7.01. The lowest BCUT2D eigenvalue weighted by Crippen LogP contribution is -2.41. The van der Waals surface area contributed by atoms with E-state index in [1.165, 1.54) is 0 Å². The van der Waals surface area contributed by atoms with Gasteiger partial charge in [-0.3, -0.25) is 0 Å². The van der Waals surface area contributed by atoms with Gasteiger partial charge in [0.1, 0.15) is 0 Å². The molecular formula is C8H21BN2S. The molecule has 0 saturated heterocycles. The first-order chi connectivity index (χ1) is 5.54. The summed E-state index contributed by atoms with van der Waals surface area (Å²) in [6.45, 7) is 9.78. The molecule has 0 radical (unpaired) electrons. The molecule has 0 aliphatic heterocycles. The topological polar surface area (TPSA) is 24.1 Å². The van der Waals surface area contributed by atoms with Crippen LogP contribution in [0.5, 0.6) is 0 Å². The minimum atomic E-state index is 0.296. The molecule has 12 heavy (non-hydrogen) atoms. The molecule has 2 N–H and O–H groups in total. The van der Waals surface area contributed by atoms with E-state index in [-0.39, 0.29) is 0 Å². The quantitative estimate of drug-likeness (QED) is 0.251. The fraction of sp³-hybridized carbons (Fsp3) is 1.00. The summed E-state index contributed by atoms with van der Waals surface area (Å²) in [4.78, 5) is 0. The van der Waals surface area contributed by atoms with Crippen LogP contribution in [-0.4, -0.2) is 19.5 Å². The molecule has 2 nitrogen and oxygen atoms in total. The van der Waals surface area contributed by atoms with Gasteiger partial charge in [-0.2, -0.15) is 12.6 Å². The Balaban J connectivity index is 3.20. The first-order valence-electron chi connectivity index (χ1n) is 4.66. The first-order valence-corrected chi connectivity index (χ1v) is 5.17. The van der Waals surface area contributed by atoms with Crippen molar-refractivity contribution in [1.82, 2.24) is 10.5 Å².